The molecule has 0 aliphatic carbocycles. The number of nitro groups is 1. The summed E-state index contributed by atoms with van der Waals surface area (Å²) in [5.41, 5.74) is -0.527. The minimum atomic E-state index is -1.03. The van der Waals surface area contributed by atoms with Crippen molar-refractivity contribution in [2.75, 3.05) is 11.9 Å². The number of benzene rings is 2. The molecule has 0 saturated carbocycles. The lowest BCUT2D eigenvalue weighted by molar-refractivity contribution is -0.385. The topological polar surface area (TPSA) is 98.5 Å². The van der Waals surface area contributed by atoms with Gasteiger partial charge in [0, 0.05) is 16.8 Å². The third kappa shape index (κ3) is 4.50. The van der Waals surface area contributed by atoms with Crippen LogP contribution in [0.5, 0.6) is 0 Å². The van der Waals surface area contributed by atoms with Crippen LogP contribution in [-0.2, 0) is 9.53 Å². The quantitative estimate of drug-likeness (QED) is 0.506. The number of nitrogens with zero attached hydrogens (tertiary/aromatic N) is 1. The third-order valence-corrected chi connectivity index (χ3v) is 3.07. The van der Waals surface area contributed by atoms with Crippen LogP contribution in [0.1, 0.15) is 10.4 Å². The molecule has 2 aromatic rings. The van der Waals surface area contributed by atoms with E-state index in [2.05, 4.69) is 5.32 Å². The van der Waals surface area contributed by atoms with Crippen molar-refractivity contribution in [3.8, 4) is 0 Å². The van der Waals surface area contributed by atoms with Gasteiger partial charge in [0.2, 0.25) is 0 Å². The minimum absolute atomic E-state index is 0.0901. The maximum atomic E-state index is 12.8. The van der Waals surface area contributed by atoms with Crippen molar-refractivity contribution in [1.82, 2.24) is 0 Å². The number of carbonyl (C=O) groups excluding carboxylic acids is 2. The van der Waals surface area contributed by atoms with Crippen molar-refractivity contribution in [2.24, 2.45) is 0 Å². The van der Waals surface area contributed by atoms with Crippen LogP contribution in [0.2, 0.25) is 5.02 Å². The Hall–Kier alpha value is -3.00. The molecule has 2 aromatic carbocycles. The maximum absolute atomic E-state index is 12.8. The van der Waals surface area contributed by atoms with Crippen LogP contribution in [0.25, 0.3) is 0 Å². The Morgan fingerprint density at radius 2 is 1.88 bits per heavy atom. The van der Waals surface area contributed by atoms with Crippen molar-refractivity contribution in [3.05, 3.63) is 69.0 Å². The lowest BCUT2D eigenvalue weighted by Gasteiger charge is -2.07. The molecule has 0 spiro atoms. The van der Waals surface area contributed by atoms with E-state index in [1.54, 1.807) is 0 Å². The van der Waals surface area contributed by atoms with Crippen LogP contribution in [0, 0.1) is 15.9 Å². The molecule has 24 heavy (non-hydrogen) atoms. The van der Waals surface area contributed by atoms with Gasteiger partial charge in [-0.25, -0.2) is 9.18 Å². The van der Waals surface area contributed by atoms with Gasteiger partial charge < -0.3 is 10.1 Å². The maximum Gasteiger partial charge on any atom is 0.345 e. The predicted octanol–water partition coefficient (Wildman–Crippen LogP) is 3.18. The number of rotatable bonds is 5. The number of anilines is 1. The Kier molecular flexibility index (Phi) is 5.43. The largest absolute Gasteiger partial charge is 0.452 e. The van der Waals surface area contributed by atoms with E-state index in [9.17, 15) is 24.1 Å². The molecule has 9 heteroatoms. The second kappa shape index (κ2) is 7.51. The van der Waals surface area contributed by atoms with Crippen molar-refractivity contribution >= 4 is 34.9 Å². The molecule has 1 N–H and O–H groups in total. The number of hydrogen-bond donors (Lipinski definition) is 1. The fourth-order valence-electron chi connectivity index (χ4n) is 1.77. The van der Waals surface area contributed by atoms with Crippen molar-refractivity contribution < 1.29 is 23.6 Å². The van der Waals surface area contributed by atoms with Crippen LogP contribution < -0.4 is 5.32 Å². The summed E-state index contributed by atoms with van der Waals surface area (Å²) in [7, 11) is 0. The number of nitro benzene ring substituents is 1. The SMILES string of the molecule is O=C(COC(=O)c1ccc(Cl)cc1[N+](=O)[O-])Nc1ccc(F)cc1. The third-order valence-electron chi connectivity index (χ3n) is 2.84. The lowest BCUT2D eigenvalue weighted by Crippen LogP contribution is -2.21. The van der Waals surface area contributed by atoms with Gasteiger partial charge in [0.15, 0.2) is 6.61 Å². The highest BCUT2D eigenvalue weighted by atomic mass is 35.5. The highest BCUT2D eigenvalue weighted by Gasteiger charge is 2.22. The van der Waals surface area contributed by atoms with E-state index in [-0.39, 0.29) is 10.6 Å². The summed E-state index contributed by atoms with van der Waals surface area (Å²) in [5, 5.41) is 13.4. The highest BCUT2D eigenvalue weighted by molar-refractivity contribution is 6.31. The van der Waals surface area contributed by atoms with Gasteiger partial charge in [0.25, 0.3) is 11.6 Å². The average Bonchev–Trinajstić information content (AvgIpc) is 2.54. The molecule has 0 heterocycles. The van der Waals surface area contributed by atoms with Gasteiger partial charge in [-0.15, -0.1) is 0 Å². The zero-order chi connectivity index (χ0) is 17.7. The number of amides is 1. The van der Waals surface area contributed by atoms with Gasteiger partial charge in [-0.2, -0.15) is 0 Å². The Morgan fingerprint density at radius 1 is 1.21 bits per heavy atom. The first-order valence-electron chi connectivity index (χ1n) is 6.53. The van der Waals surface area contributed by atoms with E-state index in [0.29, 0.717) is 5.69 Å². The van der Waals surface area contributed by atoms with Gasteiger partial charge >= 0.3 is 5.97 Å². The fraction of sp³-hybridized carbons (Fsp3) is 0.0667. The first-order valence-corrected chi connectivity index (χ1v) is 6.91. The summed E-state index contributed by atoms with van der Waals surface area (Å²) < 4.78 is 17.5. The molecule has 0 radical (unpaired) electrons. The van der Waals surface area contributed by atoms with E-state index < -0.39 is 34.9 Å². The summed E-state index contributed by atoms with van der Waals surface area (Å²) in [6.07, 6.45) is 0. The van der Waals surface area contributed by atoms with E-state index in [1.165, 1.54) is 18.2 Å². The molecule has 0 atom stereocenters. The molecule has 0 aromatic heterocycles. The molecule has 0 aliphatic rings. The van der Waals surface area contributed by atoms with Crippen molar-refractivity contribution in [3.63, 3.8) is 0 Å². The molecular weight excluding hydrogens is 343 g/mol. The van der Waals surface area contributed by atoms with Crippen LogP contribution in [-0.4, -0.2) is 23.4 Å². The minimum Gasteiger partial charge on any atom is -0.452 e. The van der Waals surface area contributed by atoms with Gasteiger partial charge in [0.1, 0.15) is 11.4 Å². The lowest BCUT2D eigenvalue weighted by atomic mass is 10.2. The van der Waals surface area contributed by atoms with Crippen LogP contribution in [0.4, 0.5) is 15.8 Å². The smallest absolute Gasteiger partial charge is 0.345 e. The fourth-order valence-corrected chi connectivity index (χ4v) is 1.93. The molecule has 7 nitrogen and oxygen atoms in total. The summed E-state index contributed by atoms with van der Waals surface area (Å²) >= 11 is 5.65. The normalized spacial score (nSPS) is 10.1. The first-order chi connectivity index (χ1) is 11.4. The van der Waals surface area contributed by atoms with Crippen molar-refractivity contribution in [2.45, 2.75) is 0 Å². The Labute approximate surface area is 140 Å². The Balaban J connectivity index is 1.99. The van der Waals surface area contributed by atoms with Crippen LogP contribution in [0.3, 0.4) is 0 Å². The molecule has 0 saturated heterocycles. The average molecular weight is 353 g/mol. The molecule has 124 valence electrons. The molecule has 0 unspecified atom stereocenters. The molecular formula is C15H10ClFN2O5. The summed E-state index contributed by atoms with van der Waals surface area (Å²) in [6.45, 7) is -0.657. The summed E-state index contributed by atoms with van der Waals surface area (Å²) in [5.74, 6) is -2.17. The molecule has 1 amide bonds. The second-order valence-electron chi connectivity index (χ2n) is 4.55. The summed E-state index contributed by atoms with van der Waals surface area (Å²) in [6, 6.07) is 8.41. The number of nitrogens with one attached hydrogen (secondary N) is 1. The van der Waals surface area contributed by atoms with Gasteiger partial charge in [-0.3, -0.25) is 14.9 Å². The Bertz CT molecular complexity index is 795. The number of ether oxygens (including phenoxy) is 1. The standard InChI is InChI=1S/C15H10ClFN2O5/c16-9-1-6-12(13(7-9)19(22)23)15(21)24-8-14(20)18-11-4-2-10(17)3-5-11/h1-7H,8H2,(H,18,20). The van der Waals surface area contributed by atoms with Crippen LogP contribution in [0.15, 0.2) is 42.5 Å². The van der Waals surface area contributed by atoms with E-state index in [1.807, 2.05) is 0 Å². The number of carbonyl (C=O) groups is 2. The zero-order valence-electron chi connectivity index (χ0n) is 12.0. The predicted molar refractivity (Wildman–Crippen MR) is 83.4 cm³/mol. The van der Waals surface area contributed by atoms with Gasteiger partial charge in [0.05, 0.1) is 4.92 Å². The monoisotopic (exact) mass is 352 g/mol. The number of esters is 1. The summed E-state index contributed by atoms with van der Waals surface area (Å²) in [4.78, 5) is 33.7. The first kappa shape index (κ1) is 17.4. The molecule has 0 fully saturated rings. The molecule has 0 bridgehead atoms. The van der Waals surface area contributed by atoms with Crippen LogP contribution >= 0.6 is 11.6 Å². The molecule has 0 aliphatic heterocycles. The zero-order valence-corrected chi connectivity index (χ0v) is 12.7. The second-order valence-corrected chi connectivity index (χ2v) is 4.99. The van der Waals surface area contributed by atoms with Gasteiger partial charge in [-0.05, 0) is 36.4 Å². The number of halogens is 2. The Morgan fingerprint density at radius 3 is 2.50 bits per heavy atom. The molecule has 2 rings (SSSR count). The van der Waals surface area contributed by atoms with Crippen molar-refractivity contribution in [1.29, 1.82) is 0 Å². The van der Waals surface area contributed by atoms with E-state index in [4.69, 9.17) is 16.3 Å². The van der Waals surface area contributed by atoms with Gasteiger partial charge in [-0.1, -0.05) is 11.6 Å². The van der Waals surface area contributed by atoms with E-state index in [0.717, 1.165) is 24.3 Å². The van der Waals surface area contributed by atoms with E-state index >= 15 is 0 Å². The highest BCUT2D eigenvalue weighted by Crippen LogP contribution is 2.23. The number of hydrogen-bond acceptors (Lipinski definition) is 5.